The molecule has 1 amide bonds. The number of methoxy groups -OCH3 is 1. The molecule has 1 heterocycles. The summed E-state index contributed by atoms with van der Waals surface area (Å²) in [6.45, 7) is 1.00. The first-order valence-electron chi connectivity index (χ1n) is 10.1. The molecule has 34 heavy (non-hydrogen) atoms. The second-order valence-corrected chi connectivity index (χ2v) is 7.36. The fraction of sp³-hybridized carbons (Fsp3) is 0.208. The molecule has 0 spiro atoms. The van der Waals surface area contributed by atoms with E-state index in [1.165, 1.54) is 7.11 Å². The normalized spacial score (nSPS) is 12.0. The van der Waals surface area contributed by atoms with Crippen LogP contribution in [0.25, 0.3) is 0 Å². The molecule has 1 atom stereocenters. The van der Waals surface area contributed by atoms with Gasteiger partial charge in [0.05, 0.1) is 18.4 Å². The number of esters is 1. The molecule has 10 heteroatoms. The summed E-state index contributed by atoms with van der Waals surface area (Å²) in [7, 11) is 1.43. The predicted octanol–water partition coefficient (Wildman–Crippen LogP) is 4.11. The van der Waals surface area contributed by atoms with Crippen LogP contribution >= 0.6 is 0 Å². The molecule has 0 fully saturated rings. The molecule has 0 saturated carbocycles. The van der Waals surface area contributed by atoms with E-state index in [0.29, 0.717) is 39.9 Å². The van der Waals surface area contributed by atoms with Crippen molar-refractivity contribution in [3.05, 3.63) is 93.9 Å². The molecule has 2 aromatic carbocycles. The Morgan fingerprint density at radius 2 is 1.76 bits per heavy atom. The smallest absolute Gasteiger partial charge is 0.417 e. The van der Waals surface area contributed by atoms with Gasteiger partial charge in [0.1, 0.15) is 12.3 Å². The zero-order valence-corrected chi connectivity index (χ0v) is 18.3. The summed E-state index contributed by atoms with van der Waals surface area (Å²) in [5.41, 5.74) is -0.401. The number of pyridine rings is 1. The zero-order chi connectivity index (χ0) is 24.9. The lowest BCUT2D eigenvalue weighted by Gasteiger charge is -2.19. The van der Waals surface area contributed by atoms with Crippen molar-refractivity contribution in [3.8, 4) is 5.75 Å². The van der Waals surface area contributed by atoms with Gasteiger partial charge in [-0.2, -0.15) is 13.2 Å². The molecule has 7 nitrogen and oxygen atoms in total. The molecule has 3 aromatic rings. The molecule has 1 unspecified atom stereocenters. The number of amides is 1. The molecule has 0 bridgehead atoms. The largest absolute Gasteiger partial charge is 0.495 e. The average Bonchev–Trinajstić information content (AvgIpc) is 2.79. The summed E-state index contributed by atoms with van der Waals surface area (Å²) in [5.74, 6) is -1.39. The fourth-order valence-corrected chi connectivity index (χ4v) is 3.15. The number of nitrogens with one attached hydrogen (secondary N) is 1. The maximum atomic E-state index is 13.1. The van der Waals surface area contributed by atoms with Crippen LogP contribution in [0.5, 0.6) is 5.75 Å². The van der Waals surface area contributed by atoms with Crippen molar-refractivity contribution < 1.29 is 32.2 Å². The third-order valence-electron chi connectivity index (χ3n) is 4.81. The van der Waals surface area contributed by atoms with E-state index in [4.69, 9.17) is 9.47 Å². The van der Waals surface area contributed by atoms with Crippen LogP contribution in [0.3, 0.4) is 0 Å². The van der Waals surface area contributed by atoms with Gasteiger partial charge in [-0.25, -0.2) is 0 Å². The van der Waals surface area contributed by atoms with Crippen molar-refractivity contribution in [1.29, 1.82) is 0 Å². The molecule has 0 radical (unpaired) electrons. The van der Waals surface area contributed by atoms with Crippen molar-refractivity contribution in [2.75, 3.05) is 12.4 Å². The van der Waals surface area contributed by atoms with Crippen LogP contribution in [0.2, 0.25) is 0 Å². The van der Waals surface area contributed by atoms with Gasteiger partial charge in [-0.15, -0.1) is 0 Å². The topological polar surface area (TPSA) is 86.6 Å². The Kier molecular flexibility index (Phi) is 7.40. The van der Waals surface area contributed by atoms with E-state index in [0.717, 1.165) is 5.56 Å². The molecule has 3 rings (SSSR count). The maximum Gasteiger partial charge on any atom is 0.417 e. The van der Waals surface area contributed by atoms with Gasteiger partial charge in [0, 0.05) is 17.8 Å². The van der Waals surface area contributed by atoms with Gasteiger partial charge in [0.15, 0.2) is 0 Å². The summed E-state index contributed by atoms with van der Waals surface area (Å²) >= 11 is 0. The Morgan fingerprint density at radius 3 is 2.41 bits per heavy atom. The quantitative estimate of drug-likeness (QED) is 0.521. The van der Waals surface area contributed by atoms with Crippen LogP contribution in [-0.4, -0.2) is 23.6 Å². The fourth-order valence-electron chi connectivity index (χ4n) is 3.15. The van der Waals surface area contributed by atoms with Crippen LogP contribution in [0.15, 0.2) is 71.7 Å². The summed E-state index contributed by atoms with van der Waals surface area (Å²) in [5, 5.41) is 2.65. The van der Waals surface area contributed by atoms with Crippen LogP contribution in [0.4, 0.5) is 18.9 Å². The Hall–Kier alpha value is -4.08. The SMILES string of the molecule is COc1ccc(C)cc1NC(=O)C(OC(=O)Cn1cc(C(F)(F)F)ccc1=O)c1ccccc1. The summed E-state index contributed by atoms with van der Waals surface area (Å²) in [6, 6.07) is 14.5. The average molecular weight is 474 g/mol. The van der Waals surface area contributed by atoms with Crippen molar-refractivity contribution in [3.63, 3.8) is 0 Å². The highest BCUT2D eigenvalue weighted by atomic mass is 19.4. The van der Waals surface area contributed by atoms with E-state index in [1.807, 2.05) is 6.92 Å². The monoisotopic (exact) mass is 474 g/mol. The second-order valence-electron chi connectivity index (χ2n) is 7.36. The first-order valence-corrected chi connectivity index (χ1v) is 10.1. The number of halogens is 3. The van der Waals surface area contributed by atoms with Gasteiger partial charge in [0.25, 0.3) is 11.5 Å². The standard InChI is InChI=1S/C24H21F3N2O5/c1-15-8-10-19(33-2)18(12-15)28-23(32)22(16-6-4-3-5-7-16)34-21(31)14-29-13-17(24(25,26)27)9-11-20(29)30/h3-13,22H,14H2,1-2H3,(H,28,32). The number of hydrogen-bond donors (Lipinski definition) is 1. The molecular formula is C24H21F3N2O5. The van der Waals surface area contributed by atoms with Crippen LogP contribution in [0.1, 0.15) is 22.8 Å². The lowest BCUT2D eigenvalue weighted by molar-refractivity contribution is -0.155. The number of aryl methyl sites for hydroxylation is 1. The Bertz CT molecular complexity index is 1240. The number of anilines is 1. The minimum absolute atomic E-state index is 0.330. The van der Waals surface area contributed by atoms with E-state index in [1.54, 1.807) is 48.5 Å². The Balaban J connectivity index is 1.85. The van der Waals surface area contributed by atoms with Crippen molar-refractivity contribution in [2.24, 2.45) is 0 Å². The van der Waals surface area contributed by atoms with E-state index in [2.05, 4.69) is 5.32 Å². The van der Waals surface area contributed by atoms with Crippen LogP contribution in [0, 0.1) is 6.92 Å². The van der Waals surface area contributed by atoms with Gasteiger partial charge in [-0.3, -0.25) is 14.4 Å². The minimum atomic E-state index is -4.70. The highest BCUT2D eigenvalue weighted by Crippen LogP contribution is 2.29. The van der Waals surface area contributed by atoms with Crippen molar-refractivity contribution in [1.82, 2.24) is 4.57 Å². The number of benzene rings is 2. The van der Waals surface area contributed by atoms with E-state index in [-0.39, 0.29) is 0 Å². The zero-order valence-electron chi connectivity index (χ0n) is 18.3. The molecule has 178 valence electrons. The van der Waals surface area contributed by atoms with Gasteiger partial charge >= 0.3 is 12.1 Å². The van der Waals surface area contributed by atoms with E-state index < -0.39 is 41.8 Å². The van der Waals surface area contributed by atoms with Crippen LogP contribution < -0.4 is 15.6 Å². The van der Waals surface area contributed by atoms with Crippen LogP contribution in [-0.2, 0) is 27.0 Å². The number of ether oxygens (including phenoxy) is 2. The molecule has 1 aromatic heterocycles. The molecule has 0 aliphatic rings. The molecular weight excluding hydrogens is 453 g/mol. The number of aromatic nitrogens is 1. The molecule has 0 aliphatic heterocycles. The third-order valence-corrected chi connectivity index (χ3v) is 4.81. The first-order chi connectivity index (χ1) is 16.1. The molecule has 1 N–H and O–H groups in total. The first kappa shape index (κ1) is 24.6. The van der Waals surface area contributed by atoms with E-state index in [9.17, 15) is 27.6 Å². The minimum Gasteiger partial charge on any atom is -0.495 e. The van der Waals surface area contributed by atoms with Gasteiger partial charge in [-0.1, -0.05) is 36.4 Å². The van der Waals surface area contributed by atoms with Gasteiger partial charge < -0.3 is 19.4 Å². The summed E-state index contributed by atoms with van der Waals surface area (Å²) in [4.78, 5) is 37.6. The van der Waals surface area contributed by atoms with E-state index >= 15 is 0 Å². The predicted molar refractivity (Wildman–Crippen MR) is 117 cm³/mol. The van der Waals surface area contributed by atoms with Crippen molar-refractivity contribution >= 4 is 17.6 Å². The number of hydrogen-bond acceptors (Lipinski definition) is 5. The number of rotatable bonds is 7. The van der Waals surface area contributed by atoms with Crippen molar-refractivity contribution in [2.45, 2.75) is 25.7 Å². The Morgan fingerprint density at radius 1 is 1.06 bits per heavy atom. The maximum absolute atomic E-state index is 13.1. The second kappa shape index (κ2) is 10.2. The highest BCUT2D eigenvalue weighted by Gasteiger charge is 2.31. The third kappa shape index (κ3) is 6.03. The summed E-state index contributed by atoms with van der Waals surface area (Å²) < 4.78 is 50.1. The lowest BCUT2D eigenvalue weighted by Crippen LogP contribution is -2.30. The summed E-state index contributed by atoms with van der Waals surface area (Å²) in [6.07, 6.45) is -5.60. The number of nitrogens with zero attached hydrogens (tertiary/aromatic N) is 1. The Labute approximate surface area is 192 Å². The van der Waals surface area contributed by atoms with Gasteiger partial charge in [-0.05, 0) is 30.7 Å². The highest BCUT2D eigenvalue weighted by molar-refractivity contribution is 5.97. The molecule has 0 saturated heterocycles. The number of carbonyl (C=O) groups is 2. The number of carbonyl (C=O) groups excluding carboxylic acids is 2. The number of alkyl halides is 3. The lowest BCUT2D eigenvalue weighted by atomic mass is 10.1. The van der Waals surface area contributed by atoms with Gasteiger partial charge in [0.2, 0.25) is 6.10 Å². The molecule has 0 aliphatic carbocycles.